The largest absolute Gasteiger partial charge is 0.317 e. The van der Waals surface area contributed by atoms with Gasteiger partial charge in [0.05, 0.1) is 0 Å². The van der Waals surface area contributed by atoms with Crippen LogP contribution in [0.25, 0.3) is 0 Å². The van der Waals surface area contributed by atoms with Crippen molar-refractivity contribution in [2.24, 2.45) is 5.92 Å². The van der Waals surface area contributed by atoms with Crippen LogP contribution in [-0.4, -0.2) is 13.1 Å². The second-order valence-electron chi connectivity index (χ2n) is 5.31. The average Bonchev–Trinajstić information content (AvgIpc) is 2.85. The Balaban J connectivity index is 1.98. The second-order valence-corrected chi connectivity index (χ2v) is 6.16. The van der Waals surface area contributed by atoms with Gasteiger partial charge in [0.25, 0.3) is 0 Å². The lowest BCUT2D eigenvalue weighted by atomic mass is 9.94. The van der Waals surface area contributed by atoms with Crippen LogP contribution >= 0.6 is 23.2 Å². The van der Waals surface area contributed by atoms with Gasteiger partial charge in [-0.15, -0.1) is 0 Å². The lowest BCUT2D eigenvalue weighted by Gasteiger charge is -2.20. The molecule has 0 aromatic heterocycles. The average molecular weight is 286 g/mol. The number of hydrogen-bond donors (Lipinski definition) is 1. The van der Waals surface area contributed by atoms with Gasteiger partial charge < -0.3 is 5.32 Å². The van der Waals surface area contributed by atoms with Gasteiger partial charge in [0.2, 0.25) is 0 Å². The van der Waals surface area contributed by atoms with Crippen molar-refractivity contribution in [3.8, 4) is 0 Å². The molecule has 0 bridgehead atoms. The maximum Gasteiger partial charge on any atom is 0.0439 e. The first-order chi connectivity index (χ1) is 8.69. The quantitative estimate of drug-likeness (QED) is 0.827. The van der Waals surface area contributed by atoms with E-state index in [-0.39, 0.29) is 0 Å². The van der Waals surface area contributed by atoms with Gasteiger partial charge in [-0.1, -0.05) is 48.9 Å². The maximum atomic E-state index is 6.23. The van der Waals surface area contributed by atoms with Gasteiger partial charge in [0.15, 0.2) is 0 Å². The summed E-state index contributed by atoms with van der Waals surface area (Å²) in [5.74, 6) is 0.889. The zero-order valence-electron chi connectivity index (χ0n) is 10.9. The Hall–Kier alpha value is -0.240. The van der Waals surface area contributed by atoms with Crippen molar-refractivity contribution in [2.75, 3.05) is 7.05 Å². The van der Waals surface area contributed by atoms with Crippen molar-refractivity contribution >= 4 is 23.2 Å². The maximum absolute atomic E-state index is 6.23. The molecule has 1 atom stereocenters. The van der Waals surface area contributed by atoms with Gasteiger partial charge in [-0.05, 0) is 49.6 Å². The van der Waals surface area contributed by atoms with Crippen LogP contribution in [0.2, 0.25) is 10.0 Å². The standard InChI is InChI=1S/C15H21Cl2N/c1-18-14(8-11-4-2-3-5-11)10-12-9-13(16)6-7-15(12)17/h6-7,9,11,14,18H,2-5,8,10H2,1H3. The molecular formula is C15H21Cl2N. The summed E-state index contributed by atoms with van der Waals surface area (Å²) in [6.45, 7) is 0. The molecule has 1 aromatic rings. The number of hydrogen-bond acceptors (Lipinski definition) is 1. The molecule has 2 rings (SSSR count). The van der Waals surface area contributed by atoms with E-state index >= 15 is 0 Å². The van der Waals surface area contributed by atoms with Crippen LogP contribution < -0.4 is 5.32 Å². The first kappa shape index (κ1) is 14.2. The van der Waals surface area contributed by atoms with Gasteiger partial charge in [-0.25, -0.2) is 0 Å². The molecule has 3 heteroatoms. The van der Waals surface area contributed by atoms with Crippen LogP contribution in [0.15, 0.2) is 18.2 Å². The summed E-state index contributed by atoms with van der Waals surface area (Å²) in [6, 6.07) is 6.23. The molecule has 1 aliphatic rings. The highest BCUT2D eigenvalue weighted by Gasteiger charge is 2.20. The molecule has 0 aliphatic heterocycles. The Labute approximate surface area is 120 Å². The fourth-order valence-corrected chi connectivity index (χ4v) is 3.31. The lowest BCUT2D eigenvalue weighted by Crippen LogP contribution is -2.29. The first-order valence-electron chi connectivity index (χ1n) is 6.80. The second kappa shape index (κ2) is 6.79. The van der Waals surface area contributed by atoms with E-state index < -0.39 is 0 Å². The van der Waals surface area contributed by atoms with E-state index in [0.29, 0.717) is 6.04 Å². The minimum atomic E-state index is 0.504. The summed E-state index contributed by atoms with van der Waals surface area (Å²) in [7, 11) is 2.04. The summed E-state index contributed by atoms with van der Waals surface area (Å²) in [6.07, 6.45) is 7.80. The van der Waals surface area contributed by atoms with Gasteiger partial charge in [-0.2, -0.15) is 0 Å². The molecule has 1 fully saturated rings. The monoisotopic (exact) mass is 285 g/mol. The summed E-state index contributed by atoms with van der Waals surface area (Å²) in [4.78, 5) is 0. The molecule has 100 valence electrons. The summed E-state index contributed by atoms with van der Waals surface area (Å²) in [5, 5.41) is 5.02. The highest BCUT2D eigenvalue weighted by atomic mass is 35.5. The predicted molar refractivity (Wildman–Crippen MR) is 79.6 cm³/mol. The third-order valence-electron chi connectivity index (χ3n) is 3.97. The Morgan fingerprint density at radius 1 is 1.28 bits per heavy atom. The lowest BCUT2D eigenvalue weighted by molar-refractivity contribution is 0.403. The van der Waals surface area contributed by atoms with Crippen molar-refractivity contribution in [1.82, 2.24) is 5.32 Å². The number of benzene rings is 1. The van der Waals surface area contributed by atoms with E-state index in [4.69, 9.17) is 23.2 Å². The van der Waals surface area contributed by atoms with Gasteiger partial charge in [0.1, 0.15) is 0 Å². The van der Waals surface area contributed by atoms with Crippen molar-refractivity contribution < 1.29 is 0 Å². The van der Waals surface area contributed by atoms with Crippen molar-refractivity contribution in [1.29, 1.82) is 0 Å². The highest BCUT2D eigenvalue weighted by molar-refractivity contribution is 6.33. The van der Waals surface area contributed by atoms with Gasteiger partial charge in [-0.3, -0.25) is 0 Å². The van der Waals surface area contributed by atoms with E-state index in [1.807, 2.05) is 25.2 Å². The van der Waals surface area contributed by atoms with E-state index in [1.165, 1.54) is 32.1 Å². The summed E-state index contributed by atoms with van der Waals surface area (Å²) in [5.41, 5.74) is 1.15. The fraction of sp³-hybridized carbons (Fsp3) is 0.600. The minimum absolute atomic E-state index is 0.504. The summed E-state index contributed by atoms with van der Waals surface area (Å²) >= 11 is 12.3. The Morgan fingerprint density at radius 2 is 2.00 bits per heavy atom. The van der Waals surface area contributed by atoms with Gasteiger partial charge >= 0.3 is 0 Å². The topological polar surface area (TPSA) is 12.0 Å². The minimum Gasteiger partial charge on any atom is -0.317 e. The van der Waals surface area contributed by atoms with Crippen LogP contribution in [0, 0.1) is 5.92 Å². The van der Waals surface area contributed by atoms with Crippen LogP contribution in [0.1, 0.15) is 37.7 Å². The number of rotatable bonds is 5. The zero-order valence-corrected chi connectivity index (χ0v) is 12.4. The third kappa shape index (κ3) is 3.88. The molecule has 0 spiro atoms. The molecule has 0 saturated heterocycles. The van der Waals surface area contributed by atoms with Gasteiger partial charge in [0, 0.05) is 16.1 Å². The molecule has 0 heterocycles. The molecule has 1 saturated carbocycles. The van der Waals surface area contributed by atoms with E-state index in [2.05, 4.69) is 5.32 Å². The van der Waals surface area contributed by atoms with Crippen LogP contribution in [0.5, 0.6) is 0 Å². The van der Waals surface area contributed by atoms with E-state index in [9.17, 15) is 0 Å². The SMILES string of the molecule is CNC(Cc1cc(Cl)ccc1Cl)CC1CCCC1. The van der Waals surface area contributed by atoms with Crippen LogP contribution in [-0.2, 0) is 6.42 Å². The number of nitrogens with one attached hydrogen (secondary N) is 1. The molecule has 1 unspecified atom stereocenters. The highest BCUT2D eigenvalue weighted by Crippen LogP contribution is 2.30. The first-order valence-corrected chi connectivity index (χ1v) is 7.56. The number of likely N-dealkylation sites (N-methyl/N-ethyl adjacent to an activating group) is 1. The van der Waals surface area contributed by atoms with Crippen LogP contribution in [0.3, 0.4) is 0 Å². The smallest absolute Gasteiger partial charge is 0.0439 e. The molecule has 18 heavy (non-hydrogen) atoms. The van der Waals surface area contributed by atoms with E-state index in [1.54, 1.807) is 0 Å². The Morgan fingerprint density at radius 3 is 2.67 bits per heavy atom. The summed E-state index contributed by atoms with van der Waals surface area (Å²) < 4.78 is 0. The van der Waals surface area contributed by atoms with Crippen molar-refractivity contribution in [3.05, 3.63) is 33.8 Å². The molecule has 0 amide bonds. The van der Waals surface area contributed by atoms with Crippen molar-refractivity contribution in [3.63, 3.8) is 0 Å². The molecule has 1 aromatic carbocycles. The predicted octanol–water partition coefficient (Wildman–Crippen LogP) is 4.70. The fourth-order valence-electron chi connectivity index (χ4n) is 2.92. The normalized spacial score (nSPS) is 18.2. The molecule has 1 N–H and O–H groups in total. The molecule has 0 radical (unpaired) electrons. The zero-order chi connectivity index (χ0) is 13.0. The molecule has 1 aliphatic carbocycles. The van der Waals surface area contributed by atoms with Crippen LogP contribution in [0.4, 0.5) is 0 Å². The number of halogens is 2. The Bertz CT molecular complexity index is 386. The molecule has 1 nitrogen and oxygen atoms in total. The molecular weight excluding hydrogens is 265 g/mol. The van der Waals surface area contributed by atoms with E-state index in [0.717, 1.165) is 27.9 Å². The van der Waals surface area contributed by atoms with Crippen molar-refractivity contribution in [2.45, 2.75) is 44.6 Å². The Kier molecular flexibility index (Phi) is 5.35. The third-order valence-corrected chi connectivity index (χ3v) is 4.58.